The predicted octanol–water partition coefficient (Wildman–Crippen LogP) is 5.27. The molecular weight excluding hydrogens is 550 g/mol. The Hall–Kier alpha value is -3.56. The Labute approximate surface area is 241 Å². The van der Waals surface area contributed by atoms with Crippen LogP contribution in [0.3, 0.4) is 0 Å². The van der Waals surface area contributed by atoms with Gasteiger partial charge in [0.15, 0.2) is 0 Å². The van der Waals surface area contributed by atoms with Crippen LogP contribution in [0.5, 0.6) is 5.75 Å². The van der Waals surface area contributed by atoms with E-state index in [0.717, 1.165) is 17.1 Å². The molecule has 1 N–H and O–H groups in total. The topological polar surface area (TPSA) is 96.0 Å². The second kappa shape index (κ2) is 14.7. The van der Waals surface area contributed by atoms with E-state index in [-0.39, 0.29) is 23.0 Å². The van der Waals surface area contributed by atoms with E-state index in [2.05, 4.69) is 5.32 Å². The average Bonchev–Trinajstić information content (AvgIpc) is 2.96. The Balaban J connectivity index is 2.05. The number of benzene rings is 3. The molecular formula is C30H36ClN3O5S. The smallest absolute Gasteiger partial charge is 0.264 e. The number of amides is 2. The number of hydrogen-bond acceptors (Lipinski definition) is 5. The van der Waals surface area contributed by atoms with Crippen LogP contribution in [0.25, 0.3) is 0 Å². The molecule has 0 heterocycles. The molecule has 0 bridgehead atoms. The molecule has 0 aliphatic carbocycles. The second-order valence-electron chi connectivity index (χ2n) is 9.16. The first-order valence-electron chi connectivity index (χ1n) is 13.3. The van der Waals surface area contributed by atoms with Gasteiger partial charge in [-0.25, -0.2) is 8.42 Å². The van der Waals surface area contributed by atoms with E-state index in [4.69, 9.17) is 16.3 Å². The highest BCUT2D eigenvalue weighted by atomic mass is 35.5. The van der Waals surface area contributed by atoms with Crippen molar-refractivity contribution < 1.29 is 22.7 Å². The molecule has 3 aromatic rings. The van der Waals surface area contributed by atoms with Gasteiger partial charge in [-0.3, -0.25) is 13.9 Å². The van der Waals surface area contributed by atoms with Crippen LogP contribution in [-0.4, -0.2) is 50.9 Å². The van der Waals surface area contributed by atoms with Gasteiger partial charge in [0.05, 0.1) is 17.2 Å². The van der Waals surface area contributed by atoms with Crippen LogP contribution in [0.2, 0.25) is 5.02 Å². The van der Waals surface area contributed by atoms with Gasteiger partial charge < -0.3 is 15.0 Å². The maximum Gasteiger partial charge on any atom is 0.264 e. The van der Waals surface area contributed by atoms with Gasteiger partial charge in [-0.1, -0.05) is 73.5 Å². The Morgan fingerprint density at radius 1 is 0.950 bits per heavy atom. The van der Waals surface area contributed by atoms with Crippen molar-refractivity contribution in [2.75, 3.05) is 24.0 Å². The molecule has 0 fully saturated rings. The first-order valence-corrected chi connectivity index (χ1v) is 15.1. The highest BCUT2D eigenvalue weighted by molar-refractivity contribution is 7.92. The van der Waals surface area contributed by atoms with Crippen molar-refractivity contribution in [3.05, 3.63) is 89.4 Å². The van der Waals surface area contributed by atoms with Gasteiger partial charge in [0.25, 0.3) is 10.0 Å². The lowest BCUT2D eigenvalue weighted by molar-refractivity contribution is -0.139. The van der Waals surface area contributed by atoms with E-state index in [1.54, 1.807) is 80.6 Å². The Morgan fingerprint density at radius 2 is 1.60 bits per heavy atom. The third-order valence-corrected chi connectivity index (χ3v) is 8.48. The van der Waals surface area contributed by atoms with Crippen LogP contribution >= 0.6 is 11.6 Å². The second-order valence-corrected chi connectivity index (χ2v) is 11.4. The van der Waals surface area contributed by atoms with Gasteiger partial charge in [-0.2, -0.15) is 0 Å². The quantitative estimate of drug-likeness (QED) is 0.260. The summed E-state index contributed by atoms with van der Waals surface area (Å²) in [5, 5.41) is 3.31. The van der Waals surface area contributed by atoms with Gasteiger partial charge in [0, 0.05) is 18.1 Å². The number of carbonyl (C=O) groups excluding carboxylic acids is 2. The summed E-state index contributed by atoms with van der Waals surface area (Å²) in [6, 6.07) is 20.7. The largest absolute Gasteiger partial charge is 0.492 e. The summed E-state index contributed by atoms with van der Waals surface area (Å²) < 4.78 is 34.6. The summed E-state index contributed by atoms with van der Waals surface area (Å²) in [5.74, 6) is -0.578. The maximum atomic E-state index is 14.0. The zero-order chi connectivity index (χ0) is 29.1. The van der Waals surface area contributed by atoms with Gasteiger partial charge in [0.1, 0.15) is 18.3 Å². The summed E-state index contributed by atoms with van der Waals surface area (Å²) in [4.78, 5) is 28.5. The van der Waals surface area contributed by atoms with Crippen LogP contribution in [0.1, 0.15) is 39.2 Å². The van der Waals surface area contributed by atoms with E-state index in [0.29, 0.717) is 29.5 Å². The van der Waals surface area contributed by atoms with E-state index >= 15 is 0 Å². The average molecular weight is 586 g/mol. The molecule has 3 rings (SSSR count). The van der Waals surface area contributed by atoms with Crippen LogP contribution < -0.4 is 14.4 Å². The summed E-state index contributed by atoms with van der Waals surface area (Å²) in [6.07, 6.45) is 1.71. The Bertz CT molecular complexity index is 1380. The standard InChI is InChI=1S/C30H36ClN3O5S/c1-4-6-20-32-30(36)23(3)33(21-24-14-10-11-17-26(24)31)29(35)22-34(27-18-12-13-19-28(27)39-5-2)40(37,38)25-15-8-7-9-16-25/h7-19,23H,4-6,20-22H2,1-3H3,(H,32,36)/t23-/m0/s1. The number of hydrogen-bond donors (Lipinski definition) is 1. The van der Waals surface area contributed by atoms with Gasteiger partial charge in [0.2, 0.25) is 11.8 Å². The number of sulfonamides is 1. The number of unbranched alkanes of at least 4 members (excludes halogenated alkanes) is 1. The van der Waals surface area contributed by atoms with Crippen molar-refractivity contribution >= 4 is 39.1 Å². The number of carbonyl (C=O) groups is 2. The molecule has 0 aliphatic rings. The van der Waals surface area contributed by atoms with Crippen LogP contribution in [0.4, 0.5) is 5.69 Å². The third kappa shape index (κ3) is 7.76. The highest BCUT2D eigenvalue weighted by Gasteiger charge is 2.33. The number of ether oxygens (including phenoxy) is 1. The van der Waals surface area contributed by atoms with Gasteiger partial charge in [-0.05, 0) is 56.2 Å². The minimum absolute atomic E-state index is 0.0210. The van der Waals surface area contributed by atoms with Crippen molar-refractivity contribution in [2.45, 2.75) is 51.1 Å². The summed E-state index contributed by atoms with van der Waals surface area (Å²) in [7, 11) is -4.19. The normalized spacial score (nSPS) is 11.9. The summed E-state index contributed by atoms with van der Waals surface area (Å²) >= 11 is 6.41. The number of rotatable bonds is 14. The molecule has 8 nitrogen and oxygen atoms in total. The molecule has 214 valence electrons. The van der Waals surface area contributed by atoms with Crippen molar-refractivity contribution in [1.29, 1.82) is 0 Å². The lowest BCUT2D eigenvalue weighted by atomic mass is 10.1. The fourth-order valence-corrected chi connectivity index (χ4v) is 5.74. The molecule has 1 atom stereocenters. The van der Waals surface area contributed by atoms with E-state index in [9.17, 15) is 18.0 Å². The molecule has 40 heavy (non-hydrogen) atoms. The first kappa shape index (κ1) is 31.0. The van der Waals surface area contributed by atoms with Crippen LogP contribution in [0.15, 0.2) is 83.8 Å². The van der Waals surface area contributed by atoms with Crippen molar-refractivity contribution in [2.24, 2.45) is 0 Å². The molecule has 2 amide bonds. The SMILES string of the molecule is CCCCNC(=O)[C@H](C)N(Cc1ccccc1Cl)C(=O)CN(c1ccccc1OCC)S(=O)(=O)c1ccccc1. The lowest BCUT2D eigenvalue weighted by Gasteiger charge is -2.32. The van der Waals surface area contributed by atoms with Crippen LogP contribution in [0, 0.1) is 0 Å². The van der Waals surface area contributed by atoms with Crippen molar-refractivity contribution in [3.63, 3.8) is 0 Å². The third-order valence-electron chi connectivity index (χ3n) is 6.34. The molecule has 0 spiro atoms. The fourth-order valence-electron chi connectivity index (χ4n) is 4.10. The fraction of sp³-hybridized carbons (Fsp3) is 0.333. The molecule has 0 saturated carbocycles. The minimum Gasteiger partial charge on any atom is -0.492 e. The van der Waals surface area contributed by atoms with E-state index in [1.165, 1.54) is 17.0 Å². The Kier molecular flexibility index (Phi) is 11.4. The molecule has 0 aromatic heterocycles. The number of para-hydroxylation sites is 2. The molecule has 10 heteroatoms. The zero-order valence-electron chi connectivity index (χ0n) is 23.0. The molecule has 0 aliphatic heterocycles. The van der Waals surface area contributed by atoms with Crippen LogP contribution in [-0.2, 0) is 26.2 Å². The predicted molar refractivity (Wildman–Crippen MR) is 158 cm³/mol. The number of nitrogens with zero attached hydrogens (tertiary/aromatic N) is 2. The minimum atomic E-state index is -4.19. The number of halogens is 1. The van der Waals surface area contributed by atoms with Gasteiger partial charge >= 0.3 is 0 Å². The molecule has 0 radical (unpaired) electrons. The summed E-state index contributed by atoms with van der Waals surface area (Å²) in [6.45, 7) is 5.68. The van der Waals surface area contributed by atoms with E-state index in [1.807, 2.05) is 6.92 Å². The van der Waals surface area contributed by atoms with E-state index < -0.39 is 28.5 Å². The zero-order valence-corrected chi connectivity index (χ0v) is 24.6. The van der Waals surface area contributed by atoms with Gasteiger partial charge in [-0.15, -0.1) is 0 Å². The summed E-state index contributed by atoms with van der Waals surface area (Å²) in [5.41, 5.74) is 0.859. The Morgan fingerprint density at radius 3 is 2.27 bits per heavy atom. The monoisotopic (exact) mass is 585 g/mol. The van der Waals surface area contributed by atoms with Crippen molar-refractivity contribution in [1.82, 2.24) is 10.2 Å². The maximum absolute atomic E-state index is 14.0. The molecule has 0 unspecified atom stereocenters. The number of nitrogens with one attached hydrogen (secondary N) is 1. The lowest BCUT2D eigenvalue weighted by Crippen LogP contribution is -2.51. The highest BCUT2D eigenvalue weighted by Crippen LogP contribution is 2.33. The first-order chi connectivity index (χ1) is 19.2. The van der Waals surface area contributed by atoms with Crippen molar-refractivity contribution in [3.8, 4) is 5.75 Å². The number of anilines is 1. The molecule has 3 aromatic carbocycles. The molecule has 0 saturated heterocycles.